The highest BCUT2D eigenvalue weighted by Crippen LogP contribution is 2.27. The zero-order valence-electron chi connectivity index (χ0n) is 12.6. The number of hydrogen-bond acceptors (Lipinski definition) is 3. The van der Waals surface area contributed by atoms with Crippen LogP contribution in [0.1, 0.15) is 23.6 Å². The fraction of sp³-hybridized carbons (Fsp3) is 0.222. The fourth-order valence-electron chi connectivity index (χ4n) is 2.30. The summed E-state index contributed by atoms with van der Waals surface area (Å²) in [5, 5.41) is 8.36. The number of aromatic nitrogens is 2. The molecule has 1 heterocycles. The lowest BCUT2D eigenvalue weighted by Gasteiger charge is -2.02. The number of benzene rings is 2. The third-order valence-electron chi connectivity index (χ3n) is 3.66. The molecule has 0 atom stereocenters. The first-order valence-corrected chi connectivity index (χ1v) is 7.18. The van der Waals surface area contributed by atoms with Gasteiger partial charge in [0, 0.05) is 11.1 Å². The molecule has 0 saturated heterocycles. The predicted octanol–water partition coefficient (Wildman–Crippen LogP) is 4.58. The van der Waals surface area contributed by atoms with E-state index < -0.39 is 0 Å². The Bertz CT molecular complexity index is 757. The van der Waals surface area contributed by atoms with Gasteiger partial charge in [-0.15, -0.1) is 10.2 Å². The monoisotopic (exact) mass is 278 g/mol. The Morgan fingerprint density at radius 3 is 2.33 bits per heavy atom. The van der Waals surface area contributed by atoms with E-state index in [1.807, 2.05) is 12.1 Å². The maximum atomic E-state index is 5.84. The average molecular weight is 278 g/mol. The molecule has 3 nitrogen and oxygen atoms in total. The second-order valence-electron chi connectivity index (χ2n) is 5.28. The first kappa shape index (κ1) is 13.6. The largest absolute Gasteiger partial charge is 0.416 e. The average Bonchev–Trinajstić information content (AvgIpc) is 2.99. The van der Waals surface area contributed by atoms with Crippen LogP contribution in [0.2, 0.25) is 0 Å². The molecule has 0 spiro atoms. The molecule has 0 bridgehead atoms. The molecule has 0 N–H and O–H groups in total. The SMILES string of the molecule is CCc1ccc(-c2nnc(-c3cc(C)ccc3C)o2)cc1. The van der Waals surface area contributed by atoms with E-state index in [0.29, 0.717) is 11.8 Å². The zero-order valence-corrected chi connectivity index (χ0v) is 12.6. The normalized spacial score (nSPS) is 10.8. The van der Waals surface area contributed by atoms with Gasteiger partial charge in [-0.1, -0.05) is 36.8 Å². The summed E-state index contributed by atoms with van der Waals surface area (Å²) in [5.74, 6) is 1.14. The predicted molar refractivity (Wildman–Crippen MR) is 84.0 cm³/mol. The van der Waals surface area contributed by atoms with Crippen LogP contribution < -0.4 is 0 Å². The lowest BCUT2D eigenvalue weighted by Crippen LogP contribution is -1.84. The molecule has 0 radical (unpaired) electrons. The van der Waals surface area contributed by atoms with Crippen molar-refractivity contribution < 1.29 is 4.42 Å². The van der Waals surface area contributed by atoms with E-state index in [9.17, 15) is 0 Å². The standard InChI is InChI=1S/C18H18N2O/c1-4-14-7-9-15(10-8-14)17-19-20-18(21-17)16-11-12(2)5-6-13(16)3/h5-11H,4H2,1-3H3. The van der Waals surface area contributed by atoms with Crippen molar-refractivity contribution in [3.05, 3.63) is 59.2 Å². The molecule has 3 aromatic rings. The van der Waals surface area contributed by atoms with E-state index in [1.165, 1.54) is 11.1 Å². The van der Waals surface area contributed by atoms with Gasteiger partial charge in [-0.25, -0.2) is 0 Å². The van der Waals surface area contributed by atoms with E-state index in [-0.39, 0.29) is 0 Å². The molecule has 0 aliphatic carbocycles. The second-order valence-corrected chi connectivity index (χ2v) is 5.28. The van der Waals surface area contributed by atoms with Gasteiger partial charge in [0.15, 0.2) is 0 Å². The van der Waals surface area contributed by atoms with Crippen molar-refractivity contribution in [3.63, 3.8) is 0 Å². The van der Waals surface area contributed by atoms with Gasteiger partial charge >= 0.3 is 0 Å². The van der Waals surface area contributed by atoms with Gasteiger partial charge < -0.3 is 4.42 Å². The molecule has 21 heavy (non-hydrogen) atoms. The van der Waals surface area contributed by atoms with Crippen molar-refractivity contribution >= 4 is 0 Å². The van der Waals surface area contributed by atoms with Crippen molar-refractivity contribution in [2.75, 3.05) is 0 Å². The lowest BCUT2D eigenvalue weighted by molar-refractivity contribution is 0.584. The Balaban J connectivity index is 1.97. The lowest BCUT2D eigenvalue weighted by atomic mass is 10.1. The first-order chi connectivity index (χ1) is 10.2. The minimum atomic E-state index is 0.563. The highest BCUT2D eigenvalue weighted by molar-refractivity contribution is 5.61. The Morgan fingerprint density at radius 1 is 0.905 bits per heavy atom. The molecule has 0 amide bonds. The van der Waals surface area contributed by atoms with Gasteiger partial charge in [-0.3, -0.25) is 0 Å². The highest BCUT2D eigenvalue weighted by atomic mass is 16.4. The second kappa shape index (κ2) is 5.52. The van der Waals surface area contributed by atoms with Gasteiger partial charge in [0.25, 0.3) is 0 Å². The van der Waals surface area contributed by atoms with Crippen molar-refractivity contribution in [2.45, 2.75) is 27.2 Å². The molecule has 0 aliphatic heterocycles. The van der Waals surface area contributed by atoms with Crippen LogP contribution in [0, 0.1) is 13.8 Å². The van der Waals surface area contributed by atoms with Crippen LogP contribution in [0.25, 0.3) is 22.9 Å². The summed E-state index contributed by atoms with van der Waals surface area (Å²) in [7, 11) is 0. The summed E-state index contributed by atoms with van der Waals surface area (Å²) in [6.45, 7) is 6.25. The molecule has 1 aromatic heterocycles. The maximum absolute atomic E-state index is 5.84. The molecule has 0 saturated carbocycles. The van der Waals surface area contributed by atoms with Crippen LogP contribution in [-0.2, 0) is 6.42 Å². The summed E-state index contributed by atoms with van der Waals surface area (Å²) < 4.78 is 5.84. The molecule has 106 valence electrons. The minimum Gasteiger partial charge on any atom is -0.416 e. The minimum absolute atomic E-state index is 0.563. The Hall–Kier alpha value is -2.42. The fourth-order valence-corrected chi connectivity index (χ4v) is 2.30. The number of hydrogen-bond donors (Lipinski definition) is 0. The zero-order chi connectivity index (χ0) is 14.8. The maximum Gasteiger partial charge on any atom is 0.248 e. The molecular formula is C18H18N2O. The van der Waals surface area contributed by atoms with Crippen LogP contribution in [0.3, 0.4) is 0 Å². The van der Waals surface area contributed by atoms with Crippen molar-refractivity contribution in [1.29, 1.82) is 0 Å². The van der Waals surface area contributed by atoms with E-state index in [1.54, 1.807) is 0 Å². The number of rotatable bonds is 3. The summed E-state index contributed by atoms with van der Waals surface area (Å²) >= 11 is 0. The van der Waals surface area contributed by atoms with Crippen molar-refractivity contribution in [3.8, 4) is 22.9 Å². The summed E-state index contributed by atoms with van der Waals surface area (Å²) in [6, 6.07) is 14.5. The summed E-state index contributed by atoms with van der Waals surface area (Å²) in [5.41, 5.74) is 5.57. The van der Waals surface area contributed by atoms with E-state index in [0.717, 1.165) is 23.1 Å². The Kier molecular flexibility index (Phi) is 3.57. The smallest absolute Gasteiger partial charge is 0.248 e. The molecular weight excluding hydrogens is 260 g/mol. The van der Waals surface area contributed by atoms with Gasteiger partial charge in [0.05, 0.1) is 0 Å². The van der Waals surface area contributed by atoms with Crippen LogP contribution >= 0.6 is 0 Å². The van der Waals surface area contributed by atoms with E-state index in [2.05, 4.69) is 61.3 Å². The first-order valence-electron chi connectivity index (χ1n) is 7.18. The molecule has 2 aromatic carbocycles. The number of aryl methyl sites for hydroxylation is 3. The van der Waals surface area contributed by atoms with Gasteiger partial charge in [0.1, 0.15) is 0 Å². The molecule has 0 unspecified atom stereocenters. The molecule has 0 fully saturated rings. The molecule has 3 heteroatoms. The van der Waals surface area contributed by atoms with Gasteiger partial charge in [-0.05, 0) is 49.6 Å². The van der Waals surface area contributed by atoms with E-state index >= 15 is 0 Å². The highest BCUT2D eigenvalue weighted by Gasteiger charge is 2.12. The topological polar surface area (TPSA) is 38.9 Å². The third-order valence-corrected chi connectivity index (χ3v) is 3.66. The Morgan fingerprint density at radius 2 is 1.62 bits per heavy atom. The molecule has 0 aliphatic rings. The van der Waals surface area contributed by atoms with Crippen molar-refractivity contribution in [2.24, 2.45) is 0 Å². The quantitative estimate of drug-likeness (QED) is 0.703. The summed E-state index contributed by atoms with van der Waals surface area (Å²) in [4.78, 5) is 0. The van der Waals surface area contributed by atoms with Crippen LogP contribution in [0.5, 0.6) is 0 Å². The van der Waals surface area contributed by atoms with Crippen LogP contribution in [0.15, 0.2) is 46.9 Å². The van der Waals surface area contributed by atoms with Crippen LogP contribution in [-0.4, -0.2) is 10.2 Å². The van der Waals surface area contributed by atoms with E-state index in [4.69, 9.17) is 4.42 Å². The summed E-state index contributed by atoms with van der Waals surface area (Å²) in [6.07, 6.45) is 1.03. The van der Waals surface area contributed by atoms with Crippen LogP contribution in [0.4, 0.5) is 0 Å². The third kappa shape index (κ3) is 2.72. The number of nitrogens with zero attached hydrogens (tertiary/aromatic N) is 2. The van der Waals surface area contributed by atoms with Gasteiger partial charge in [-0.2, -0.15) is 0 Å². The Labute approximate surface area is 124 Å². The molecule has 3 rings (SSSR count). The van der Waals surface area contributed by atoms with Crippen molar-refractivity contribution in [1.82, 2.24) is 10.2 Å². The van der Waals surface area contributed by atoms with Gasteiger partial charge in [0.2, 0.25) is 11.8 Å².